The Labute approximate surface area is 141 Å². The van der Waals surface area contributed by atoms with Crippen LogP contribution in [0.4, 0.5) is 0 Å². The first kappa shape index (κ1) is 14.7. The van der Waals surface area contributed by atoms with E-state index in [-0.39, 0.29) is 0 Å². The summed E-state index contributed by atoms with van der Waals surface area (Å²) in [5.74, 6) is 0. The molecule has 1 aliphatic rings. The van der Waals surface area contributed by atoms with Crippen LogP contribution in [0.5, 0.6) is 0 Å². The van der Waals surface area contributed by atoms with Crippen LogP contribution in [0.2, 0.25) is 0 Å². The molecule has 0 fully saturated rings. The first-order valence-corrected chi connectivity index (χ1v) is 10.4. The average Bonchev–Trinajstić information content (AvgIpc) is 3.04. The fourth-order valence-electron chi connectivity index (χ4n) is 3.09. The summed E-state index contributed by atoms with van der Waals surface area (Å²) in [6, 6.07) is 0. The van der Waals surface area contributed by atoms with Crippen LogP contribution in [0, 0.1) is 0 Å². The lowest BCUT2D eigenvalue weighted by molar-refractivity contribution is -0.905. The Morgan fingerprint density at radius 3 is 2.64 bits per heavy atom. The van der Waals surface area contributed by atoms with E-state index in [1.54, 1.807) is 23.5 Å². The predicted molar refractivity (Wildman–Crippen MR) is 94.1 cm³/mol. The van der Waals surface area contributed by atoms with Gasteiger partial charge in [-0.05, 0) is 18.1 Å². The number of thiophene rings is 1. The maximum absolute atomic E-state index is 4.90. The molecule has 0 aromatic carbocycles. The smallest absolute Gasteiger partial charge is 0.197 e. The Bertz CT molecular complexity index is 880. The van der Waals surface area contributed by atoms with Crippen molar-refractivity contribution >= 4 is 50.7 Å². The van der Waals surface area contributed by atoms with Crippen molar-refractivity contribution in [1.29, 1.82) is 0 Å². The molecule has 8 heteroatoms. The van der Waals surface area contributed by atoms with Crippen molar-refractivity contribution in [1.82, 2.24) is 19.6 Å². The van der Waals surface area contributed by atoms with Gasteiger partial charge < -0.3 is 4.48 Å². The highest BCUT2D eigenvalue weighted by atomic mass is 32.2. The number of likely N-dealkylation sites (N-methyl/N-ethyl adjacent to an activating group) is 1. The van der Waals surface area contributed by atoms with Crippen LogP contribution in [0.3, 0.4) is 0 Å². The number of fused-ring (bicyclic) bond motifs is 5. The maximum Gasteiger partial charge on any atom is 0.197 e. The van der Waals surface area contributed by atoms with E-state index in [1.807, 2.05) is 17.6 Å². The van der Waals surface area contributed by atoms with Gasteiger partial charge in [0, 0.05) is 6.42 Å². The minimum absolute atomic E-state index is 0.917. The van der Waals surface area contributed by atoms with E-state index in [0.29, 0.717) is 0 Å². The molecule has 0 radical (unpaired) electrons. The monoisotopic (exact) mass is 352 g/mol. The van der Waals surface area contributed by atoms with E-state index in [2.05, 4.69) is 34.9 Å². The van der Waals surface area contributed by atoms with Crippen molar-refractivity contribution in [2.24, 2.45) is 0 Å². The van der Waals surface area contributed by atoms with Gasteiger partial charge in [-0.3, -0.25) is 0 Å². The van der Waals surface area contributed by atoms with Crippen LogP contribution >= 0.6 is 34.9 Å². The van der Waals surface area contributed by atoms with Gasteiger partial charge in [0.1, 0.15) is 11.4 Å². The normalized spacial score (nSPS) is 17.3. The number of quaternary nitrogens is 1. The second-order valence-corrected chi connectivity index (χ2v) is 8.83. The Morgan fingerprint density at radius 1 is 1.14 bits per heavy atom. The van der Waals surface area contributed by atoms with Gasteiger partial charge in [0.25, 0.3) is 0 Å². The zero-order valence-corrected chi connectivity index (χ0v) is 15.5. The molecular weight excluding hydrogens is 334 g/mol. The summed E-state index contributed by atoms with van der Waals surface area (Å²) in [5, 5.41) is 12.0. The van der Waals surface area contributed by atoms with E-state index in [0.717, 1.165) is 38.2 Å². The van der Waals surface area contributed by atoms with E-state index in [9.17, 15) is 0 Å². The summed E-state index contributed by atoms with van der Waals surface area (Å²) >= 11 is 5.11. The molecule has 0 unspecified atom stereocenters. The number of hydrogen-bond donors (Lipinski definition) is 0. The highest BCUT2D eigenvalue weighted by Crippen LogP contribution is 2.39. The lowest BCUT2D eigenvalue weighted by Crippen LogP contribution is -2.43. The fraction of sp³-hybridized carbons (Fsp3) is 0.500. The van der Waals surface area contributed by atoms with Crippen LogP contribution in [-0.4, -0.2) is 57.2 Å². The molecule has 3 aromatic rings. The second-order valence-electron chi connectivity index (χ2n) is 6.20. The van der Waals surface area contributed by atoms with Gasteiger partial charge in [0.15, 0.2) is 16.0 Å². The molecule has 3 aromatic heterocycles. The SMILES string of the molecule is CSc1nnc2c3c4c(sc3nc(SC)n12)C[N+](C)(C)CC4. The average molecular weight is 353 g/mol. The number of aromatic nitrogens is 4. The zero-order chi connectivity index (χ0) is 15.5. The molecule has 0 saturated heterocycles. The third-order valence-electron chi connectivity index (χ3n) is 4.22. The third kappa shape index (κ3) is 2.08. The van der Waals surface area contributed by atoms with E-state index in [1.165, 1.54) is 22.4 Å². The molecule has 4 rings (SSSR count). The van der Waals surface area contributed by atoms with Gasteiger partial charge >= 0.3 is 0 Å². The Morgan fingerprint density at radius 2 is 1.91 bits per heavy atom. The lowest BCUT2D eigenvalue weighted by atomic mass is 10.0. The standard InChI is InChI=1S/C14H18N5S3/c1-19(2)6-5-8-9(7-19)22-12-10(8)11-16-17-14(21-4)18(11)13(15-12)20-3/h5-7H2,1-4H3/q+1. The van der Waals surface area contributed by atoms with Gasteiger partial charge in [0.05, 0.1) is 30.9 Å². The highest BCUT2D eigenvalue weighted by Gasteiger charge is 2.30. The van der Waals surface area contributed by atoms with Crippen molar-refractivity contribution in [2.45, 2.75) is 23.3 Å². The molecule has 0 aliphatic carbocycles. The molecule has 0 N–H and O–H groups in total. The molecule has 4 heterocycles. The van der Waals surface area contributed by atoms with E-state index in [4.69, 9.17) is 4.98 Å². The fourth-order valence-corrected chi connectivity index (χ4v) is 5.65. The summed E-state index contributed by atoms with van der Waals surface area (Å²) in [4.78, 5) is 7.48. The summed E-state index contributed by atoms with van der Waals surface area (Å²) < 4.78 is 3.16. The Kier molecular flexibility index (Phi) is 3.41. The first-order valence-electron chi connectivity index (χ1n) is 7.13. The Hall–Kier alpha value is -0.830. The number of nitrogens with zero attached hydrogens (tertiary/aromatic N) is 5. The molecule has 1 aliphatic heterocycles. The van der Waals surface area contributed by atoms with Gasteiger partial charge in [-0.25, -0.2) is 9.38 Å². The van der Waals surface area contributed by atoms with Crippen LogP contribution in [-0.2, 0) is 13.0 Å². The van der Waals surface area contributed by atoms with Crippen molar-refractivity contribution in [3.63, 3.8) is 0 Å². The molecular formula is C14H18N5S3+. The van der Waals surface area contributed by atoms with Crippen molar-refractivity contribution < 1.29 is 4.48 Å². The van der Waals surface area contributed by atoms with Crippen LogP contribution in [0.15, 0.2) is 10.3 Å². The van der Waals surface area contributed by atoms with Gasteiger partial charge in [-0.1, -0.05) is 23.5 Å². The Balaban J connectivity index is 2.07. The maximum atomic E-state index is 4.90. The zero-order valence-electron chi connectivity index (χ0n) is 13.1. The molecule has 0 saturated carbocycles. The van der Waals surface area contributed by atoms with E-state index >= 15 is 0 Å². The lowest BCUT2D eigenvalue weighted by Gasteiger charge is -2.33. The van der Waals surface area contributed by atoms with Gasteiger partial charge in [0.2, 0.25) is 0 Å². The van der Waals surface area contributed by atoms with Crippen LogP contribution in [0.1, 0.15) is 10.4 Å². The number of rotatable bonds is 2. The summed E-state index contributed by atoms with van der Waals surface area (Å²) in [6.07, 6.45) is 5.19. The molecule has 0 bridgehead atoms. The summed E-state index contributed by atoms with van der Waals surface area (Å²) in [6.45, 7) is 2.25. The third-order valence-corrected chi connectivity index (χ3v) is 6.60. The minimum atomic E-state index is 0.917. The van der Waals surface area contributed by atoms with E-state index < -0.39 is 0 Å². The molecule has 5 nitrogen and oxygen atoms in total. The van der Waals surface area contributed by atoms with Gasteiger partial charge in [-0.15, -0.1) is 21.5 Å². The first-order chi connectivity index (χ1) is 10.5. The van der Waals surface area contributed by atoms with Crippen LogP contribution < -0.4 is 0 Å². The molecule has 0 atom stereocenters. The highest BCUT2D eigenvalue weighted by molar-refractivity contribution is 7.99. The quantitative estimate of drug-likeness (QED) is 0.403. The molecule has 116 valence electrons. The summed E-state index contributed by atoms with van der Waals surface area (Å²) in [5.41, 5.74) is 2.42. The van der Waals surface area contributed by atoms with Crippen LogP contribution in [0.25, 0.3) is 15.9 Å². The molecule has 22 heavy (non-hydrogen) atoms. The number of hydrogen-bond acceptors (Lipinski definition) is 6. The summed E-state index contributed by atoms with van der Waals surface area (Å²) in [7, 11) is 4.60. The minimum Gasteiger partial charge on any atom is -0.324 e. The molecule has 0 spiro atoms. The predicted octanol–water partition coefficient (Wildman–Crippen LogP) is 2.92. The molecule has 0 amide bonds. The number of thioether (sulfide) groups is 2. The largest absolute Gasteiger partial charge is 0.324 e. The van der Waals surface area contributed by atoms with Gasteiger partial charge in [-0.2, -0.15) is 0 Å². The second kappa shape index (κ2) is 5.09. The van der Waals surface area contributed by atoms with Crippen molar-refractivity contribution in [2.75, 3.05) is 33.2 Å². The topological polar surface area (TPSA) is 43.1 Å². The van der Waals surface area contributed by atoms with Crippen molar-refractivity contribution in [3.05, 3.63) is 10.4 Å². The van der Waals surface area contributed by atoms with Crippen molar-refractivity contribution in [3.8, 4) is 0 Å².